The Kier molecular flexibility index (Phi) is 29.6. The maximum Gasteiger partial charge on any atom is 0.169 e. The van der Waals surface area contributed by atoms with Crippen LogP contribution in [-0.2, 0) is 54.3 Å². The number of nitrogens with zero attached hydrogens (tertiary/aromatic N) is 4. The van der Waals surface area contributed by atoms with E-state index in [1.807, 2.05) is 19.4 Å². The Bertz CT molecular complexity index is 1370. The van der Waals surface area contributed by atoms with Crippen molar-refractivity contribution in [1.82, 2.24) is 4.98 Å². The quantitative estimate of drug-likeness (QED) is 0.160. The summed E-state index contributed by atoms with van der Waals surface area (Å²) in [7, 11) is 2.05. The zero-order chi connectivity index (χ0) is 32.4. The number of aryl methyl sites for hydroxylation is 1. The standard InChI is InChI=1S/C17H22N2.C16H19N2.2C5H10.2ClH.2Fe.HI/c1-18-10-6-16(7-11-18)17-8-12-19(13-9-17)14-15-4-2-3-5-15;1-2-4-14(3-1)13-18-11-7-16(8-12-18)15-5-9-17-10-6-15;2*1-2-4-5-3-1;;;;;/h6-13,15H,2-5,14H2,1H3;5-12,14H,1-4,13H2;2*1-5H2;2*1H;;;1H/q+2;+1;;;;;;;/p-3. The molecule has 0 saturated heterocycles. The topological polar surface area (TPSA) is 24.5 Å². The Balaban J connectivity index is 0.000000733. The van der Waals surface area contributed by atoms with Crippen molar-refractivity contribution in [3.63, 3.8) is 0 Å². The van der Waals surface area contributed by atoms with Gasteiger partial charge in [0.1, 0.15) is 7.05 Å². The van der Waals surface area contributed by atoms with E-state index in [2.05, 4.69) is 104 Å². The molecule has 52 heavy (non-hydrogen) atoms. The normalized spacial score (nSPS) is 15.9. The van der Waals surface area contributed by atoms with Gasteiger partial charge in [0.25, 0.3) is 0 Å². The predicted octanol–water partition coefficient (Wildman–Crippen LogP) is 0.790. The number of aromatic nitrogens is 4. The largest absolute Gasteiger partial charge is 1.00 e. The first kappa shape index (κ1) is 50.9. The molecule has 4 aliphatic rings. The van der Waals surface area contributed by atoms with E-state index in [1.54, 1.807) is 0 Å². The van der Waals surface area contributed by atoms with Crippen LogP contribution in [-0.4, -0.2) is 4.98 Å². The van der Waals surface area contributed by atoms with Gasteiger partial charge in [0, 0.05) is 94.8 Å². The molecular formula is C43H61Cl2Fe2IN4. The van der Waals surface area contributed by atoms with Gasteiger partial charge in [0.05, 0.1) is 0 Å². The van der Waals surface area contributed by atoms with Crippen LogP contribution in [0.3, 0.4) is 0 Å². The molecule has 0 bridgehead atoms. The fourth-order valence-corrected chi connectivity index (χ4v) is 7.53. The molecule has 290 valence electrons. The molecule has 4 aliphatic carbocycles. The second-order valence-corrected chi connectivity index (χ2v) is 14.4. The SMILES string of the molecule is C1CCCC1.C1CCCC1.C[n+]1ccc(-c2cc[n+](CC3CCCC3)cc2)cc1.[Cl-].[Cl-].[Fe].[Fe].[I-].c1cc(-c2cc[n+](CC3CCCC3)cc2)ccn1. The van der Waals surface area contributed by atoms with Gasteiger partial charge in [-0.2, -0.15) is 0 Å². The van der Waals surface area contributed by atoms with Crippen molar-refractivity contribution in [1.29, 1.82) is 0 Å². The zero-order valence-electron chi connectivity index (χ0n) is 31.2. The van der Waals surface area contributed by atoms with Crippen LogP contribution in [0.1, 0.15) is 116 Å². The van der Waals surface area contributed by atoms with Gasteiger partial charge in [0.15, 0.2) is 50.3 Å². The molecule has 4 aromatic rings. The molecule has 0 amide bonds. The fraction of sp³-hybridized carbons (Fsp3) is 0.535. The molecule has 0 unspecified atom stereocenters. The first-order chi connectivity index (χ1) is 23.2. The van der Waals surface area contributed by atoms with Crippen LogP contribution >= 0.6 is 0 Å². The van der Waals surface area contributed by atoms with E-state index >= 15 is 0 Å². The molecule has 4 fully saturated rings. The van der Waals surface area contributed by atoms with Gasteiger partial charge < -0.3 is 48.8 Å². The molecule has 4 nitrogen and oxygen atoms in total. The van der Waals surface area contributed by atoms with E-state index in [0.717, 1.165) is 11.8 Å². The second kappa shape index (κ2) is 30.2. The predicted molar refractivity (Wildman–Crippen MR) is 193 cm³/mol. The van der Waals surface area contributed by atoms with Gasteiger partial charge in [0.2, 0.25) is 0 Å². The Labute approximate surface area is 366 Å². The summed E-state index contributed by atoms with van der Waals surface area (Å²) >= 11 is 0. The van der Waals surface area contributed by atoms with Gasteiger partial charge in [-0.05, 0) is 60.1 Å². The summed E-state index contributed by atoms with van der Waals surface area (Å²) < 4.78 is 6.72. The van der Waals surface area contributed by atoms with Crippen LogP contribution in [0.4, 0.5) is 0 Å². The molecule has 0 N–H and O–H groups in total. The van der Waals surface area contributed by atoms with Crippen molar-refractivity contribution >= 4 is 0 Å². The minimum Gasteiger partial charge on any atom is -1.00 e. The summed E-state index contributed by atoms with van der Waals surface area (Å²) in [4.78, 5) is 4.05. The summed E-state index contributed by atoms with van der Waals surface area (Å²) in [6.07, 6.45) is 43.0. The summed E-state index contributed by atoms with van der Waals surface area (Å²) in [6.45, 7) is 2.36. The van der Waals surface area contributed by atoms with Crippen molar-refractivity contribution in [3.05, 3.63) is 98.1 Å². The molecule has 0 atom stereocenters. The monoisotopic (exact) mass is 942 g/mol. The fourth-order valence-electron chi connectivity index (χ4n) is 7.53. The summed E-state index contributed by atoms with van der Waals surface area (Å²) in [5.74, 6) is 1.79. The first-order valence-electron chi connectivity index (χ1n) is 19.1. The van der Waals surface area contributed by atoms with Gasteiger partial charge >= 0.3 is 0 Å². The molecular weight excluding hydrogens is 882 g/mol. The molecule has 0 radical (unpaired) electrons. The minimum absolute atomic E-state index is 0. The maximum atomic E-state index is 4.05. The number of hydrogen-bond acceptors (Lipinski definition) is 1. The average molecular weight is 943 g/mol. The van der Waals surface area contributed by atoms with Crippen LogP contribution in [0.25, 0.3) is 22.3 Å². The van der Waals surface area contributed by atoms with Crippen molar-refractivity contribution < 1.29 is 96.6 Å². The van der Waals surface area contributed by atoms with Crippen LogP contribution in [0.2, 0.25) is 0 Å². The molecule has 8 rings (SSSR count). The van der Waals surface area contributed by atoms with E-state index in [0.29, 0.717) is 0 Å². The van der Waals surface area contributed by atoms with Crippen molar-refractivity contribution in [2.24, 2.45) is 18.9 Å². The van der Waals surface area contributed by atoms with E-state index in [4.69, 9.17) is 0 Å². The third-order valence-corrected chi connectivity index (χ3v) is 10.5. The smallest absolute Gasteiger partial charge is 0.169 e. The molecule has 0 aromatic carbocycles. The Morgan fingerprint density at radius 2 is 0.712 bits per heavy atom. The third kappa shape index (κ3) is 19.0. The number of hydrogen-bond donors (Lipinski definition) is 0. The average Bonchev–Trinajstić information content (AvgIpc) is 3.97. The number of pyridine rings is 4. The molecule has 4 saturated carbocycles. The number of halogens is 3. The molecule has 4 aromatic heterocycles. The first-order valence-corrected chi connectivity index (χ1v) is 19.1. The number of rotatable bonds is 6. The van der Waals surface area contributed by atoms with Crippen LogP contribution in [0, 0.1) is 11.8 Å². The second-order valence-electron chi connectivity index (χ2n) is 14.4. The van der Waals surface area contributed by atoms with Gasteiger partial charge in [-0.3, -0.25) is 4.98 Å². The summed E-state index contributed by atoms with van der Waals surface area (Å²) in [5, 5.41) is 0. The zero-order valence-corrected chi connectivity index (χ0v) is 37.0. The third-order valence-electron chi connectivity index (χ3n) is 10.5. The summed E-state index contributed by atoms with van der Waals surface area (Å²) in [6, 6.07) is 17.3. The molecule has 0 aliphatic heterocycles. The van der Waals surface area contributed by atoms with Gasteiger partial charge in [-0.1, -0.05) is 89.9 Å². The van der Waals surface area contributed by atoms with E-state index in [1.165, 1.54) is 151 Å². The van der Waals surface area contributed by atoms with Crippen LogP contribution < -0.4 is 62.5 Å². The summed E-state index contributed by atoms with van der Waals surface area (Å²) in [5.41, 5.74) is 5.08. The van der Waals surface area contributed by atoms with Gasteiger partial charge in [-0.15, -0.1) is 0 Å². The molecule has 0 spiro atoms. The Hall–Kier alpha value is -1.05. The van der Waals surface area contributed by atoms with Crippen LogP contribution in [0.5, 0.6) is 0 Å². The minimum atomic E-state index is 0. The van der Waals surface area contributed by atoms with E-state index in [9.17, 15) is 0 Å². The van der Waals surface area contributed by atoms with Crippen molar-refractivity contribution in [2.45, 2.75) is 129 Å². The maximum absolute atomic E-state index is 4.05. The molecule has 4 heterocycles. The Morgan fingerprint density at radius 3 is 1.02 bits per heavy atom. The van der Waals surface area contributed by atoms with Crippen molar-refractivity contribution in [2.75, 3.05) is 0 Å². The van der Waals surface area contributed by atoms with Gasteiger partial charge in [-0.25, -0.2) is 13.7 Å². The van der Waals surface area contributed by atoms with Crippen LogP contribution in [0.15, 0.2) is 98.1 Å². The Morgan fingerprint density at radius 1 is 0.442 bits per heavy atom. The molecule has 9 heteroatoms. The van der Waals surface area contributed by atoms with Crippen molar-refractivity contribution in [3.8, 4) is 22.3 Å². The van der Waals surface area contributed by atoms with E-state index in [-0.39, 0.29) is 82.9 Å². The van der Waals surface area contributed by atoms with E-state index < -0.39 is 0 Å².